The van der Waals surface area contributed by atoms with Crippen molar-refractivity contribution in [1.82, 2.24) is 0 Å². The van der Waals surface area contributed by atoms with Crippen LogP contribution in [0.3, 0.4) is 0 Å². The number of hydrogen-bond donors (Lipinski definition) is 0. The molecule has 2 rings (SSSR count). The van der Waals surface area contributed by atoms with E-state index in [1.54, 1.807) is 0 Å². The van der Waals surface area contributed by atoms with Crippen LogP contribution in [-0.2, 0) is 0 Å². The zero-order valence-corrected chi connectivity index (χ0v) is 10.1. The minimum absolute atomic E-state index is 0.727. The Morgan fingerprint density at radius 2 is 1.87 bits per heavy atom. The van der Waals surface area contributed by atoms with Gasteiger partial charge in [-0.15, -0.1) is 0 Å². The number of piperidine rings is 1. The van der Waals surface area contributed by atoms with Gasteiger partial charge in [0.05, 0.1) is 11.6 Å². The highest BCUT2D eigenvalue weighted by atomic mass is 79.9. The van der Waals surface area contributed by atoms with Gasteiger partial charge in [0.25, 0.3) is 0 Å². The first-order chi connectivity index (χ1) is 7.29. The second kappa shape index (κ2) is 4.67. The summed E-state index contributed by atoms with van der Waals surface area (Å²) in [5.41, 5.74) is 1.89. The molecule has 1 saturated heterocycles. The van der Waals surface area contributed by atoms with Crippen LogP contribution in [0.25, 0.3) is 0 Å². The number of nitrogens with zero attached hydrogens (tertiary/aromatic N) is 2. The van der Waals surface area contributed by atoms with Gasteiger partial charge in [-0.05, 0) is 37.5 Å². The Morgan fingerprint density at radius 3 is 2.53 bits per heavy atom. The molecule has 1 aromatic rings. The Hall–Kier alpha value is -1.01. The number of benzene rings is 1. The lowest BCUT2D eigenvalue weighted by Crippen LogP contribution is -2.29. The molecule has 0 saturated carbocycles. The molecule has 1 heterocycles. The molecule has 15 heavy (non-hydrogen) atoms. The molecule has 0 unspecified atom stereocenters. The van der Waals surface area contributed by atoms with E-state index in [1.807, 2.05) is 12.1 Å². The van der Waals surface area contributed by atoms with Crippen molar-refractivity contribution in [2.24, 2.45) is 0 Å². The van der Waals surface area contributed by atoms with Gasteiger partial charge in [0.1, 0.15) is 0 Å². The lowest BCUT2D eigenvalue weighted by atomic mass is 10.1. The smallest absolute Gasteiger partial charge is 0.0992 e. The van der Waals surface area contributed by atoms with Gasteiger partial charge in [0.2, 0.25) is 0 Å². The molecule has 0 amide bonds. The summed E-state index contributed by atoms with van der Waals surface area (Å²) in [5.74, 6) is 0. The predicted octanol–water partition coefficient (Wildman–Crippen LogP) is 3.31. The van der Waals surface area contributed by atoms with Crippen LogP contribution in [-0.4, -0.2) is 13.1 Å². The highest BCUT2D eigenvalue weighted by Crippen LogP contribution is 2.25. The zero-order valence-electron chi connectivity index (χ0n) is 8.54. The Kier molecular flexibility index (Phi) is 3.27. The average molecular weight is 265 g/mol. The Labute approximate surface area is 98.6 Å². The van der Waals surface area contributed by atoms with Crippen LogP contribution in [0.15, 0.2) is 22.7 Å². The van der Waals surface area contributed by atoms with E-state index >= 15 is 0 Å². The van der Waals surface area contributed by atoms with Crippen molar-refractivity contribution in [2.75, 3.05) is 18.0 Å². The van der Waals surface area contributed by atoms with Gasteiger partial charge in [0.15, 0.2) is 0 Å². The maximum atomic E-state index is 8.90. The number of rotatable bonds is 1. The molecule has 0 aliphatic carbocycles. The fourth-order valence-electron chi connectivity index (χ4n) is 1.97. The highest BCUT2D eigenvalue weighted by molar-refractivity contribution is 9.10. The standard InChI is InChI=1S/C12H13BrN2/c13-11-6-10(9-14)7-12(8-11)15-4-2-1-3-5-15/h6-8H,1-5H2. The van der Waals surface area contributed by atoms with Crippen LogP contribution in [0.2, 0.25) is 0 Å². The van der Waals surface area contributed by atoms with E-state index in [4.69, 9.17) is 5.26 Å². The zero-order chi connectivity index (χ0) is 10.7. The molecule has 78 valence electrons. The van der Waals surface area contributed by atoms with Crippen LogP contribution in [0.4, 0.5) is 5.69 Å². The summed E-state index contributed by atoms with van der Waals surface area (Å²) in [6, 6.07) is 8.10. The molecule has 1 aliphatic heterocycles. The summed E-state index contributed by atoms with van der Waals surface area (Å²) < 4.78 is 0.988. The van der Waals surface area contributed by atoms with Gasteiger partial charge < -0.3 is 4.90 Å². The van der Waals surface area contributed by atoms with Crippen molar-refractivity contribution < 1.29 is 0 Å². The topological polar surface area (TPSA) is 27.0 Å². The molecular weight excluding hydrogens is 252 g/mol. The Morgan fingerprint density at radius 1 is 1.13 bits per heavy atom. The number of hydrogen-bond acceptors (Lipinski definition) is 2. The van der Waals surface area contributed by atoms with E-state index in [-0.39, 0.29) is 0 Å². The van der Waals surface area contributed by atoms with Gasteiger partial charge in [0, 0.05) is 23.2 Å². The number of nitriles is 1. The molecule has 0 spiro atoms. The summed E-state index contributed by atoms with van der Waals surface area (Å²) in [6.45, 7) is 2.22. The normalized spacial score (nSPS) is 16.1. The first-order valence-electron chi connectivity index (χ1n) is 5.25. The first-order valence-corrected chi connectivity index (χ1v) is 6.04. The van der Waals surface area contributed by atoms with E-state index in [2.05, 4.69) is 33.0 Å². The van der Waals surface area contributed by atoms with Crippen molar-refractivity contribution >= 4 is 21.6 Å². The maximum Gasteiger partial charge on any atom is 0.0992 e. The Balaban J connectivity index is 2.27. The van der Waals surface area contributed by atoms with E-state index < -0.39 is 0 Å². The summed E-state index contributed by atoms with van der Waals surface area (Å²) >= 11 is 3.44. The van der Waals surface area contributed by atoms with Crippen molar-refractivity contribution in [3.63, 3.8) is 0 Å². The quantitative estimate of drug-likeness (QED) is 0.778. The molecule has 0 aromatic heterocycles. The second-order valence-corrected chi connectivity index (χ2v) is 4.77. The van der Waals surface area contributed by atoms with Crippen molar-refractivity contribution in [2.45, 2.75) is 19.3 Å². The summed E-state index contributed by atoms with van der Waals surface area (Å²) in [7, 11) is 0. The third-order valence-corrected chi connectivity index (χ3v) is 3.19. The predicted molar refractivity (Wildman–Crippen MR) is 64.9 cm³/mol. The summed E-state index contributed by atoms with van der Waals surface area (Å²) in [5, 5.41) is 8.90. The van der Waals surface area contributed by atoms with Crippen LogP contribution in [0.1, 0.15) is 24.8 Å². The molecule has 0 atom stereocenters. The molecule has 0 radical (unpaired) electrons. The van der Waals surface area contributed by atoms with Gasteiger partial charge >= 0.3 is 0 Å². The highest BCUT2D eigenvalue weighted by Gasteiger charge is 2.11. The molecule has 0 bridgehead atoms. The molecule has 2 nitrogen and oxygen atoms in total. The van der Waals surface area contributed by atoms with E-state index in [9.17, 15) is 0 Å². The van der Waals surface area contributed by atoms with Crippen LogP contribution in [0, 0.1) is 11.3 Å². The molecular formula is C12H13BrN2. The Bertz CT molecular complexity index is 389. The van der Waals surface area contributed by atoms with E-state index in [0.29, 0.717) is 0 Å². The number of halogens is 1. The average Bonchev–Trinajstić information content (AvgIpc) is 2.29. The largest absolute Gasteiger partial charge is 0.371 e. The minimum atomic E-state index is 0.727. The fraction of sp³-hybridized carbons (Fsp3) is 0.417. The summed E-state index contributed by atoms with van der Waals surface area (Å²) in [4.78, 5) is 2.36. The van der Waals surface area contributed by atoms with Crippen molar-refractivity contribution in [3.05, 3.63) is 28.2 Å². The van der Waals surface area contributed by atoms with Gasteiger partial charge in [-0.25, -0.2) is 0 Å². The third kappa shape index (κ3) is 2.51. The molecule has 1 aromatic carbocycles. The first kappa shape index (κ1) is 10.5. The SMILES string of the molecule is N#Cc1cc(Br)cc(N2CCCCC2)c1. The van der Waals surface area contributed by atoms with E-state index in [0.717, 1.165) is 23.1 Å². The lowest BCUT2D eigenvalue weighted by molar-refractivity contribution is 0.578. The number of anilines is 1. The minimum Gasteiger partial charge on any atom is -0.371 e. The van der Waals surface area contributed by atoms with E-state index in [1.165, 1.54) is 24.9 Å². The molecule has 3 heteroatoms. The third-order valence-electron chi connectivity index (χ3n) is 2.73. The van der Waals surface area contributed by atoms with Gasteiger partial charge in [-0.3, -0.25) is 0 Å². The van der Waals surface area contributed by atoms with Crippen LogP contribution < -0.4 is 4.90 Å². The lowest BCUT2D eigenvalue weighted by Gasteiger charge is -2.29. The second-order valence-electron chi connectivity index (χ2n) is 3.86. The summed E-state index contributed by atoms with van der Waals surface area (Å²) in [6.07, 6.45) is 3.85. The van der Waals surface area contributed by atoms with Crippen molar-refractivity contribution in [1.29, 1.82) is 5.26 Å². The fourth-order valence-corrected chi connectivity index (χ4v) is 2.45. The molecule has 1 aliphatic rings. The van der Waals surface area contributed by atoms with Gasteiger partial charge in [-0.2, -0.15) is 5.26 Å². The van der Waals surface area contributed by atoms with Crippen LogP contribution >= 0.6 is 15.9 Å². The maximum absolute atomic E-state index is 8.90. The van der Waals surface area contributed by atoms with Crippen molar-refractivity contribution in [3.8, 4) is 6.07 Å². The molecule has 0 N–H and O–H groups in total. The van der Waals surface area contributed by atoms with Crippen LogP contribution in [0.5, 0.6) is 0 Å². The monoisotopic (exact) mass is 264 g/mol. The van der Waals surface area contributed by atoms with Gasteiger partial charge in [-0.1, -0.05) is 15.9 Å². The molecule has 1 fully saturated rings.